The molecule has 0 aliphatic rings. The Morgan fingerprint density at radius 2 is 2.11 bits per heavy atom. The standard InChI is InChI=1S/C11H10F3N3OS/c12-11(13,14)7-1-2-10(16-3-7)17-4-8(18)9-5-15-6-19-9/h1-3,5-6,8,18H,4H2,(H,16,17). The lowest BCUT2D eigenvalue weighted by molar-refractivity contribution is -0.137. The molecule has 0 fully saturated rings. The molecule has 1 atom stereocenters. The van der Waals surface area contributed by atoms with Gasteiger partial charge in [0.25, 0.3) is 0 Å². The Hall–Kier alpha value is -1.67. The van der Waals surface area contributed by atoms with Gasteiger partial charge in [-0.3, -0.25) is 4.98 Å². The average molecular weight is 289 g/mol. The van der Waals surface area contributed by atoms with Gasteiger partial charge in [0.15, 0.2) is 0 Å². The fourth-order valence-electron chi connectivity index (χ4n) is 1.36. The van der Waals surface area contributed by atoms with E-state index in [4.69, 9.17) is 0 Å². The van der Waals surface area contributed by atoms with Crippen molar-refractivity contribution < 1.29 is 18.3 Å². The summed E-state index contributed by atoms with van der Waals surface area (Å²) < 4.78 is 36.9. The van der Waals surface area contributed by atoms with E-state index in [9.17, 15) is 18.3 Å². The fourth-order valence-corrected chi connectivity index (χ4v) is 1.96. The molecule has 2 N–H and O–H groups in total. The SMILES string of the molecule is OC(CNc1ccc(C(F)(F)F)cn1)c1cncs1. The molecule has 0 amide bonds. The Kier molecular flexibility index (Phi) is 4.01. The zero-order valence-corrected chi connectivity index (χ0v) is 10.4. The zero-order chi connectivity index (χ0) is 13.9. The van der Waals surface area contributed by atoms with Gasteiger partial charge in [0, 0.05) is 18.9 Å². The minimum atomic E-state index is -4.40. The van der Waals surface area contributed by atoms with Crippen LogP contribution >= 0.6 is 11.3 Å². The van der Waals surface area contributed by atoms with Crippen molar-refractivity contribution in [3.8, 4) is 0 Å². The van der Waals surface area contributed by atoms with Gasteiger partial charge in [-0.1, -0.05) is 0 Å². The predicted octanol–water partition coefficient (Wildman–Crippen LogP) is 2.70. The highest BCUT2D eigenvalue weighted by atomic mass is 32.1. The second-order valence-electron chi connectivity index (χ2n) is 3.73. The number of pyridine rings is 1. The zero-order valence-electron chi connectivity index (χ0n) is 9.55. The molecule has 0 bridgehead atoms. The quantitative estimate of drug-likeness (QED) is 0.908. The van der Waals surface area contributed by atoms with Crippen LogP contribution in [0.1, 0.15) is 16.5 Å². The molecule has 2 rings (SSSR count). The van der Waals surface area contributed by atoms with Gasteiger partial charge in [-0.2, -0.15) is 13.2 Å². The van der Waals surface area contributed by atoms with Crippen molar-refractivity contribution in [2.24, 2.45) is 0 Å². The Morgan fingerprint density at radius 3 is 2.63 bits per heavy atom. The molecule has 19 heavy (non-hydrogen) atoms. The van der Waals surface area contributed by atoms with Gasteiger partial charge in [0.1, 0.15) is 11.9 Å². The number of rotatable bonds is 4. The molecule has 0 aromatic carbocycles. The van der Waals surface area contributed by atoms with Crippen molar-refractivity contribution in [1.29, 1.82) is 0 Å². The first-order valence-corrected chi connectivity index (χ1v) is 6.18. The van der Waals surface area contributed by atoms with E-state index in [1.54, 1.807) is 5.51 Å². The van der Waals surface area contributed by atoms with Crippen LogP contribution in [-0.4, -0.2) is 21.6 Å². The number of aromatic nitrogens is 2. The van der Waals surface area contributed by atoms with E-state index in [0.29, 0.717) is 4.88 Å². The lowest BCUT2D eigenvalue weighted by Gasteiger charge is -2.11. The number of alkyl halides is 3. The van der Waals surface area contributed by atoms with E-state index < -0.39 is 17.8 Å². The molecule has 0 saturated carbocycles. The summed E-state index contributed by atoms with van der Waals surface area (Å²) in [6, 6.07) is 2.16. The summed E-state index contributed by atoms with van der Waals surface area (Å²) in [5, 5.41) is 12.5. The number of nitrogens with zero attached hydrogens (tertiary/aromatic N) is 2. The summed E-state index contributed by atoms with van der Waals surface area (Å²) in [7, 11) is 0. The highest BCUT2D eigenvalue weighted by Crippen LogP contribution is 2.28. The molecule has 102 valence electrons. The van der Waals surface area contributed by atoms with E-state index in [1.807, 2.05) is 0 Å². The maximum absolute atomic E-state index is 12.3. The van der Waals surface area contributed by atoms with Crippen LogP contribution in [0.25, 0.3) is 0 Å². The fraction of sp³-hybridized carbons (Fsp3) is 0.273. The Labute approximate surface area is 111 Å². The van der Waals surface area contributed by atoms with Crippen LogP contribution in [0.5, 0.6) is 0 Å². The maximum Gasteiger partial charge on any atom is 0.417 e. The summed E-state index contributed by atoms with van der Waals surface area (Å²) in [5.41, 5.74) is 0.788. The van der Waals surface area contributed by atoms with Crippen LogP contribution in [-0.2, 0) is 6.18 Å². The largest absolute Gasteiger partial charge is 0.417 e. The van der Waals surface area contributed by atoms with Gasteiger partial charge in [-0.25, -0.2) is 4.98 Å². The van der Waals surface area contributed by atoms with Crippen molar-refractivity contribution in [3.05, 3.63) is 40.5 Å². The van der Waals surface area contributed by atoms with Crippen LogP contribution < -0.4 is 5.32 Å². The predicted molar refractivity (Wildman–Crippen MR) is 64.8 cm³/mol. The van der Waals surface area contributed by atoms with Gasteiger partial charge in [-0.15, -0.1) is 11.3 Å². The third kappa shape index (κ3) is 3.65. The Morgan fingerprint density at radius 1 is 1.32 bits per heavy atom. The minimum Gasteiger partial charge on any atom is -0.386 e. The number of thiazole rings is 1. The summed E-state index contributed by atoms with van der Waals surface area (Å²) in [4.78, 5) is 8.15. The first kappa shape index (κ1) is 13.8. The van der Waals surface area contributed by atoms with Crippen molar-refractivity contribution in [3.63, 3.8) is 0 Å². The van der Waals surface area contributed by atoms with E-state index >= 15 is 0 Å². The Balaban J connectivity index is 1.93. The Bertz CT molecular complexity index is 513. The molecular formula is C11H10F3N3OS. The molecule has 8 heteroatoms. The first-order valence-electron chi connectivity index (χ1n) is 5.30. The number of hydrogen-bond donors (Lipinski definition) is 2. The van der Waals surface area contributed by atoms with Gasteiger partial charge >= 0.3 is 6.18 Å². The van der Waals surface area contributed by atoms with Crippen LogP contribution in [0.15, 0.2) is 30.0 Å². The lowest BCUT2D eigenvalue weighted by Crippen LogP contribution is -2.12. The number of aliphatic hydroxyl groups is 1. The number of nitrogens with one attached hydrogen (secondary N) is 1. The third-order valence-electron chi connectivity index (χ3n) is 2.35. The third-order valence-corrected chi connectivity index (χ3v) is 3.22. The van der Waals surface area contributed by atoms with Crippen LogP contribution in [0, 0.1) is 0 Å². The number of aliphatic hydroxyl groups excluding tert-OH is 1. The maximum atomic E-state index is 12.3. The van der Waals surface area contributed by atoms with E-state index in [0.717, 1.165) is 12.3 Å². The molecule has 2 heterocycles. The monoisotopic (exact) mass is 289 g/mol. The number of hydrogen-bond acceptors (Lipinski definition) is 5. The van der Waals surface area contributed by atoms with Crippen molar-refractivity contribution in [2.75, 3.05) is 11.9 Å². The van der Waals surface area contributed by atoms with E-state index in [-0.39, 0.29) is 12.4 Å². The van der Waals surface area contributed by atoms with Crippen molar-refractivity contribution >= 4 is 17.2 Å². The highest BCUT2D eigenvalue weighted by Gasteiger charge is 2.30. The molecule has 2 aromatic rings. The second-order valence-corrected chi connectivity index (χ2v) is 4.65. The number of halogens is 3. The average Bonchev–Trinajstić information content (AvgIpc) is 2.89. The minimum absolute atomic E-state index is 0.153. The highest BCUT2D eigenvalue weighted by molar-refractivity contribution is 7.09. The van der Waals surface area contributed by atoms with Gasteiger partial charge in [0.05, 0.1) is 16.0 Å². The summed E-state index contributed by atoms with van der Waals surface area (Å²) in [5.74, 6) is 0.275. The molecule has 0 radical (unpaired) electrons. The summed E-state index contributed by atoms with van der Waals surface area (Å²) in [6.45, 7) is 0.153. The molecule has 0 aliphatic heterocycles. The molecular weight excluding hydrogens is 279 g/mol. The topological polar surface area (TPSA) is 58.0 Å². The van der Waals surface area contributed by atoms with E-state index in [2.05, 4.69) is 15.3 Å². The van der Waals surface area contributed by atoms with Crippen molar-refractivity contribution in [2.45, 2.75) is 12.3 Å². The summed E-state index contributed by atoms with van der Waals surface area (Å²) in [6.07, 6.45) is -2.87. The lowest BCUT2D eigenvalue weighted by atomic mass is 10.2. The molecule has 0 spiro atoms. The van der Waals surface area contributed by atoms with Gasteiger partial charge in [-0.05, 0) is 12.1 Å². The first-order chi connectivity index (χ1) is 8.97. The molecule has 1 unspecified atom stereocenters. The van der Waals surface area contributed by atoms with Gasteiger partial charge < -0.3 is 10.4 Å². The molecule has 0 aliphatic carbocycles. The summed E-state index contributed by atoms with van der Waals surface area (Å²) >= 11 is 1.30. The van der Waals surface area contributed by atoms with Crippen LogP contribution in [0.2, 0.25) is 0 Å². The van der Waals surface area contributed by atoms with Gasteiger partial charge in [0.2, 0.25) is 0 Å². The number of anilines is 1. The van der Waals surface area contributed by atoms with Crippen LogP contribution in [0.4, 0.5) is 19.0 Å². The molecule has 2 aromatic heterocycles. The molecule has 4 nitrogen and oxygen atoms in total. The smallest absolute Gasteiger partial charge is 0.386 e. The second kappa shape index (κ2) is 5.54. The van der Waals surface area contributed by atoms with Crippen molar-refractivity contribution in [1.82, 2.24) is 9.97 Å². The van der Waals surface area contributed by atoms with Crippen LogP contribution in [0.3, 0.4) is 0 Å². The molecule has 0 saturated heterocycles. The normalized spacial score (nSPS) is 13.3. The van der Waals surface area contributed by atoms with E-state index in [1.165, 1.54) is 23.6 Å².